The summed E-state index contributed by atoms with van der Waals surface area (Å²) in [5.74, 6) is -0.966. The van der Waals surface area contributed by atoms with Gasteiger partial charge in [0.15, 0.2) is 0 Å². The summed E-state index contributed by atoms with van der Waals surface area (Å²) in [6.07, 6.45) is 2.18. The molecule has 1 fully saturated rings. The fraction of sp³-hybridized carbons (Fsp3) is 0.385. The monoisotopic (exact) mass is 298 g/mol. The van der Waals surface area contributed by atoms with Gasteiger partial charge in [0.05, 0.1) is 11.3 Å². The molecule has 2 amide bonds. The maximum atomic E-state index is 13.6. The van der Waals surface area contributed by atoms with Gasteiger partial charge >= 0.3 is 12.0 Å². The van der Waals surface area contributed by atoms with Crippen LogP contribution in [0.15, 0.2) is 18.2 Å². The molecule has 1 atom stereocenters. The first-order chi connectivity index (χ1) is 9.58. The third kappa shape index (κ3) is 3.63. The molecule has 1 aromatic carbocycles. The summed E-state index contributed by atoms with van der Waals surface area (Å²) in [5.41, 5.74) is -0.577. The molecule has 1 heterocycles. The van der Waals surface area contributed by atoms with Crippen LogP contribution in [0.1, 0.15) is 23.2 Å². The summed E-state index contributed by atoms with van der Waals surface area (Å²) in [5, 5.41) is 14.2. The molecule has 7 heteroatoms. The predicted octanol–water partition coefficient (Wildman–Crippen LogP) is 2.54. The number of para-hydroxylation sites is 1. The van der Waals surface area contributed by atoms with E-state index in [1.54, 1.807) is 11.8 Å². The van der Waals surface area contributed by atoms with Crippen molar-refractivity contribution in [2.24, 2.45) is 0 Å². The van der Waals surface area contributed by atoms with E-state index >= 15 is 0 Å². The number of hydrogen-bond acceptors (Lipinski definition) is 3. The average molecular weight is 298 g/mol. The molecule has 0 bridgehead atoms. The second-order valence-electron chi connectivity index (χ2n) is 4.44. The van der Waals surface area contributed by atoms with Crippen molar-refractivity contribution in [2.45, 2.75) is 18.1 Å². The standard InChI is InChI=1S/C13H15FN2O3S/c14-10-5-1-4-9(12(17)18)11(10)16-13(19)15-7-8-3-2-6-20-8/h1,4-5,8H,2-3,6-7H2,(H,17,18)(H2,15,16,19). The number of hydrogen-bond donors (Lipinski definition) is 3. The van der Waals surface area contributed by atoms with Gasteiger partial charge in [-0.15, -0.1) is 0 Å². The molecule has 2 rings (SSSR count). The predicted molar refractivity (Wildman–Crippen MR) is 75.9 cm³/mol. The first kappa shape index (κ1) is 14.6. The highest BCUT2D eigenvalue weighted by Gasteiger charge is 2.19. The van der Waals surface area contributed by atoms with E-state index in [0.29, 0.717) is 11.8 Å². The molecule has 20 heavy (non-hydrogen) atoms. The molecule has 1 saturated heterocycles. The van der Waals surface area contributed by atoms with Crippen LogP contribution in [0.5, 0.6) is 0 Å². The Labute approximate surface area is 119 Å². The molecule has 1 aliphatic heterocycles. The Morgan fingerprint density at radius 3 is 2.90 bits per heavy atom. The van der Waals surface area contributed by atoms with Crippen molar-refractivity contribution in [1.82, 2.24) is 5.32 Å². The number of nitrogens with one attached hydrogen (secondary N) is 2. The SMILES string of the molecule is O=C(NCC1CCCS1)Nc1c(F)cccc1C(=O)O. The summed E-state index contributed by atoms with van der Waals surface area (Å²) in [6, 6.07) is 3.05. The first-order valence-corrected chi connectivity index (χ1v) is 7.31. The molecule has 0 saturated carbocycles. The summed E-state index contributed by atoms with van der Waals surface area (Å²) >= 11 is 1.79. The molecule has 1 unspecified atom stereocenters. The van der Waals surface area contributed by atoms with E-state index in [0.717, 1.165) is 24.7 Å². The Morgan fingerprint density at radius 2 is 2.25 bits per heavy atom. The number of carboxylic acids is 1. The molecule has 5 nitrogen and oxygen atoms in total. The van der Waals surface area contributed by atoms with Crippen molar-refractivity contribution in [2.75, 3.05) is 17.6 Å². The molecule has 0 aromatic heterocycles. The Balaban J connectivity index is 1.98. The van der Waals surface area contributed by atoms with Gasteiger partial charge in [0, 0.05) is 11.8 Å². The largest absolute Gasteiger partial charge is 0.478 e. The fourth-order valence-electron chi connectivity index (χ4n) is 2.00. The van der Waals surface area contributed by atoms with Gasteiger partial charge in [-0.2, -0.15) is 11.8 Å². The van der Waals surface area contributed by atoms with Gasteiger partial charge < -0.3 is 15.7 Å². The van der Waals surface area contributed by atoms with Gasteiger partial charge in [0.1, 0.15) is 5.82 Å². The number of aromatic carboxylic acids is 1. The molecule has 1 aromatic rings. The lowest BCUT2D eigenvalue weighted by atomic mass is 10.1. The first-order valence-electron chi connectivity index (χ1n) is 6.26. The van der Waals surface area contributed by atoms with Crippen LogP contribution in [0, 0.1) is 5.82 Å². The highest BCUT2D eigenvalue weighted by molar-refractivity contribution is 8.00. The Morgan fingerprint density at radius 1 is 1.45 bits per heavy atom. The van der Waals surface area contributed by atoms with Crippen molar-refractivity contribution < 1.29 is 19.1 Å². The molecular formula is C13H15FN2O3S. The summed E-state index contributed by atoms with van der Waals surface area (Å²) in [4.78, 5) is 22.7. The quantitative estimate of drug-likeness (QED) is 0.798. The normalized spacial score (nSPS) is 17.8. The lowest BCUT2D eigenvalue weighted by Crippen LogP contribution is -2.34. The summed E-state index contributed by atoms with van der Waals surface area (Å²) < 4.78 is 13.6. The topological polar surface area (TPSA) is 78.4 Å². The van der Waals surface area contributed by atoms with E-state index in [4.69, 9.17) is 5.11 Å². The van der Waals surface area contributed by atoms with Crippen LogP contribution in [0.4, 0.5) is 14.9 Å². The minimum atomic E-state index is -1.29. The summed E-state index contributed by atoms with van der Waals surface area (Å²) in [7, 11) is 0. The van der Waals surface area contributed by atoms with Crippen LogP contribution in [-0.4, -0.2) is 34.7 Å². The van der Waals surface area contributed by atoms with Crippen LogP contribution in [0.3, 0.4) is 0 Å². The number of carboxylic acid groups (broad SMARTS) is 1. The van der Waals surface area contributed by atoms with E-state index in [-0.39, 0.29) is 11.3 Å². The number of carbonyl (C=O) groups is 2. The van der Waals surface area contributed by atoms with Gasteiger partial charge in [-0.05, 0) is 30.7 Å². The summed E-state index contributed by atoms with van der Waals surface area (Å²) in [6.45, 7) is 0.493. The van der Waals surface area contributed by atoms with Crippen molar-refractivity contribution >= 4 is 29.4 Å². The van der Waals surface area contributed by atoms with Crippen molar-refractivity contribution in [3.63, 3.8) is 0 Å². The average Bonchev–Trinajstić information content (AvgIpc) is 2.91. The van der Waals surface area contributed by atoms with E-state index in [1.807, 2.05) is 0 Å². The minimum absolute atomic E-state index is 0.268. The minimum Gasteiger partial charge on any atom is -0.478 e. The van der Waals surface area contributed by atoms with Gasteiger partial charge in [-0.25, -0.2) is 14.0 Å². The van der Waals surface area contributed by atoms with Gasteiger partial charge in [-0.1, -0.05) is 6.07 Å². The highest BCUT2D eigenvalue weighted by Crippen LogP contribution is 2.25. The van der Waals surface area contributed by atoms with Crippen LogP contribution >= 0.6 is 11.8 Å². The Bertz CT molecular complexity index is 518. The molecule has 3 N–H and O–H groups in total. The highest BCUT2D eigenvalue weighted by atomic mass is 32.2. The number of rotatable bonds is 4. The van der Waals surface area contributed by atoms with Crippen molar-refractivity contribution in [3.05, 3.63) is 29.6 Å². The maximum absolute atomic E-state index is 13.6. The molecule has 0 spiro atoms. The second-order valence-corrected chi connectivity index (χ2v) is 5.85. The van der Waals surface area contributed by atoms with E-state index < -0.39 is 17.8 Å². The van der Waals surface area contributed by atoms with Gasteiger partial charge in [-0.3, -0.25) is 0 Å². The number of halogens is 1. The van der Waals surface area contributed by atoms with E-state index in [9.17, 15) is 14.0 Å². The zero-order valence-electron chi connectivity index (χ0n) is 10.7. The van der Waals surface area contributed by atoms with Crippen molar-refractivity contribution in [3.8, 4) is 0 Å². The zero-order chi connectivity index (χ0) is 14.5. The smallest absolute Gasteiger partial charge is 0.337 e. The number of benzene rings is 1. The zero-order valence-corrected chi connectivity index (χ0v) is 11.5. The van der Waals surface area contributed by atoms with E-state index in [2.05, 4.69) is 10.6 Å². The molecule has 1 aliphatic rings. The van der Waals surface area contributed by atoms with Crippen LogP contribution in [0.25, 0.3) is 0 Å². The molecule has 0 aliphatic carbocycles. The lowest BCUT2D eigenvalue weighted by molar-refractivity contribution is 0.0697. The van der Waals surface area contributed by atoms with Crippen molar-refractivity contribution in [1.29, 1.82) is 0 Å². The Hall–Kier alpha value is -1.76. The maximum Gasteiger partial charge on any atom is 0.337 e. The molecule has 0 radical (unpaired) electrons. The Kier molecular flexibility index (Phi) is 4.84. The second kappa shape index (κ2) is 6.60. The van der Waals surface area contributed by atoms with Crippen LogP contribution < -0.4 is 10.6 Å². The number of thioether (sulfide) groups is 1. The molecular weight excluding hydrogens is 283 g/mol. The van der Waals surface area contributed by atoms with Gasteiger partial charge in [0.2, 0.25) is 0 Å². The number of amides is 2. The third-order valence-corrected chi connectivity index (χ3v) is 4.39. The third-order valence-electron chi connectivity index (χ3n) is 3.00. The van der Waals surface area contributed by atoms with Gasteiger partial charge in [0.25, 0.3) is 0 Å². The van der Waals surface area contributed by atoms with Crippen LogP contribution in [-0.2, 0) is 0 Å². The number of carbonyl (C=O) groups excluding carboxylic acids is 1. The van der Waals surface area contributed by atoms with Crippen LogP contribution in [0.2, 0.25) is 0 Å². The number of anilines is 1. The number of urea groups is 1. The fourth-order valence-corrected chi connectivity index (χ4v) is 3.20. The molecule has 108 valence electrons. The van der Waals surface area contributed by atoms with E-state index in [1.165, 1.54) is 12.1 Å². The lowest BCUT2D eigenvalue weighted by Gasteiger charge is -2.13.